The van der Waals surface area contributed by atoms with Gasteiger partial charge < -0.3 is 4.52 Å². The Morgan fingerprint density at radius 1 is 0.743 bits per heavy atom. The molecule has 1 aliphatic rings. The van der Waals surface area contributed by atoms with Gasteiger partial charge in [-0.15, -0.1) is 0 Å². The first-order valence-corrected chi connectivity index (χ1v) is 12.5. The summed E-state index contributed by atoms with van der Waals surface area (Å²) in [6.07, 6.45) is 0. The largest absolute Gasteiger partial charge is 0.427 e. The van der Waals surface area contributed by atoms with Crippen LogP contribution in [-0.2, 0) is 4.57 Å². The number of benzene rings is 4. The lowest BCUT2D eigenvalue weighted by Gasteiger charge is -2.28. The monoisotopic (exact) mass is 485 g/mol. The molecule has 1 fully saturated rings. The van der Waals surface area contributed by atoms with Crippen molar-refractivity contribution in [1.82, 2.24) is 0 Å². The molecule has 5 rings (SSSR count). The number of nitro groups is 1. The van der Waals surface area contributed by atoms with Crippen molar-refractivity contribution in [3.8, 4) is 5.75 Å². The van der Waals surface area contributed by atoms with Crippen LogP contribution in [0, 0.1) is 10.1 Å². The molecule has 0 saturated carbocycles. The molecule has 0 aromatic heterocycles. The van der Waals surface area contributed by atoms with Gasteiger partial charge >= 0.3 is 13.6 Å². The Bertz CT molecular complexity index is 1420. The fraction of sp³-hybridized carbons (Fsp3) is 0.0385. The van der Waals surface area contributed by atoms with E-state index in [4.69, 9.17) is 4.52 Å². The van der Waals surface area contributed by atoms with Crippen LogP contribution in [0.3, 0.4) is 0 Å². The summed E-state index contributed by atoms with van der Waals surface area (Å²) >= 11 is 0. The Morgan fingerprint density at radius 3 is 1.86 bits per heavy atom. The molecule has 8 nitrogen and oxygen atoms in total. The molecule has 9 heteroatoms. The normalized spacial score (nSPS) is 19.5. The second-order valence-corrected chi connectivity index (χ2v) is 9.99. The van der Waals surface area contributed by atoms with Crippen molar-refractivity contribution >= 4 is 30.6 Å². The van der Waals surface area contributed by atoms with E-state index >= 15 is 4.57 Å². The molecule has 0 N–H and O–H groups in total. The van der Waals surface area contributed by atoms with Gasteiger partial charge in [-0.1, -0.05) is 66.7 Å². The standard InChI is InChI=1S/C26H20N3O5P/c30-26-27(20-12-4-1-5-13-20)25(23-18-10-11-19-24(23)29(31)32)35(33,34-22-16-8-3-9-17-22)28(26)21-14-6-2-7-15-21/h1-19,25H. The number of carbonyl (C=O) groups is 1. The first kappa shape index (κ1) is 22.4. The van der Waals surface area contributed by atoms with Gasteiger partial charge in [-0.3, -0.25) is 19.6 Å². The lowest BCUT2D eigenvalue weighted by Crippen LogP contribution is -2.32. The van der Waals surface area contributed by atoms with Gasteiger partial charge in [0, 0.05) is 11.8 Å². The van der Waals surface area contributed by atoms with Crippen LogP contribution in [0.25, 0.3) is 0 Å². The highest BCUT2D eigenvalue weighted by molar-refractivity contribution is 7.63. The SMILES string of the molecule is O=C1N(c2ccccc2)C(c2ccccc2[N+](=O)[O-])P(=O)(Oc2ccccc2)N1c1ccccc1. The van der Waals surface area contributed by atoms with Crippen molar-refractivity contribution in [2.45, 2.75) is 5.78 Å². The zero-order valence-electron chi connectivity index (χ0n) is 18.4. The summed E-state index contributed by atoms with van der Waals surface area (Å²) in [4.78, 5) is 26.8. The van der Waals surface area contributed by atoms with E-state index in [9.17, 15) is 14.9 Å². The van der Waals surface area contributed by atoms with E-state index in [-0.39, 0.29) is 17.0 Å². The molecule has 1 saturated heterocycles. The average Bonchev–Trinajstić information content (AvgIpc) is 3.11. The minimum absolute atomic E-state index is 0.118. The Hall–Kier alpha value is -4.42. The van der Waals surface area contributed by atoms with Crippen molar-refractivity contribution in [3.63, 3.8) is 0 Å². The van der Waals surface area contributed by atoms with Gasteiger partial charge in [0.15, 0.2) is 5.78 Å². The molecule has 0 bridgehead atoms. The fourth-order valence-corrected chi connectivity index (χ4v) is 6.88. The van der Waals surface area contributed by atoms with Gasteiger partial charge in [-0.05, 0) is 42.5 Å². The molecular weight excluding hydrogens is 465 g/mol. The van der Waals surface area contributed by atoms with E-state index < -0.39 is 24.3 Å². The maximum Gasteiger partial charge on any atom is 0.379 e. The van der Waals surface area contributed by atoms with Crippen LogP contribution in [0.1, 0.15) is 11.3 Å². The maximum absolute atomic E-state index is 15.0. The predicted molar refractivity (Wildman–Crippen MR) is 134 cm³/mol. The number of hydrogen-bond donors (Lipinski definition) is 0. The molecule has 2 atom stereocenters. The molecule has 1 heterocycles. The van der Waals surface area contributed by atoms with E-state index in [1.54, 1.807) is 97.1 Å². The summed E-state index contributed by atoms with van der Waals surface area (Å²) in [5, 5.41) is 12.0. The van der Waals surface area contributed by atoms with Gasteiger partial charge in [0.25, 0.3) is 5.69 Å². The molecule has 4 aromatic rings. The predicted octanol–water partition coefficient (Wildman–Crippen LogP) is 7.01. The number of anilines is 2. The van der Waals surface area contributed by atoms with Gasteiger partial charge in [0.1, 0.15) is 5.75 Å². The lowest BCUT2D eigenvalue weighted by molar-refractivity contribution is -0.385. The van der Waals surface area contributed by atoms with Crippen LogP contribution in [-0.4, -0.2) is 11.0 Å². The third kappa shape index (κ3) is 3.94. The summed E-state index contributed by atoms with van der Waals surface area (Å²) in [5.41, 5.74) is 0.667. The molecule has 4 aromatic carbocycles. The topological polar surface area (TPSA) is 93.0 Å². The van der Waals surface area contributed by atoms with E-state index in [0.29, 0.717) is 11.4 Å². The van der Waals surface area contributed by atoms with E-state index in [0.717, 1.165) is 4.67 Å². The summed E-state index contributed by atoms with van der Waals surface area (Å²) in [6.45, 7) is 0. The van der Waals surface area contributed by atoms with Crippen molar-refractivity contribution in [2.24, 2.45) is 0 Å². The molecule has 0 radical (unpaired) electrons. The average molecular weight is 485 g/mol. The second-order valence-electron chi connectivity index (χ2n) is 7.79. The molecule has 0 spiro atoms. The Labute approximate surface area is 201 Å². The van der Waals surface area contributed by atoms with Crippen LogP contribution in [0.2, 0.25) is 0 Å². The first-order chi connectivity index (χ1) is 17.0. The summed E-state index contributed by atoms with van der Waals surface area (Å²) in [6, 6.07) is 31.1. The van der Waals surface area contributed by atoms with Crippen LogP contribution < -0.4 is 14.1 Å². The van der Waals surface area contributed by atoms with Crippen LogP contribution >= 0.6 is 7.52 Å². The summed E-state index contributed by atoms with van der Waals surface area (Å²) < 4.78 is 22.3. The fourth-order valence-electron chi connectivity index (χ4n) is 4.17. The number of nitrogens with zero attached hydrogens (tertiary/aromatic N) is 3. The third-order valence-electron chi connectivity index (χ3n) is 5.65. The van der Waals surface area contributed by atoms with Crippen molar-refractivity contribution < 1.29 is 18.8 Å². The Kier molecular flexibility index (Phi) is 5.81. The van der Waals surface area contributed by atoms with Crippen molar-refractivity contribution in [2.75, 3.05) is 9.57 Å². The Morgan fingerprint density at radius 2 is 1.26 bits per heavy atom. The van der Waals surface area contributed by atoms with Crippen LogP contribution in [0.5, 0.6) is 5.75 Å². The number of carbonyl (C=O) groups excluding carboxylic acids is 1. The maximum atomic E-state index is 15.0. The minimum atomic E-state index is -4.20. The number of nitro benzene ring substituents is 1. The first-order valence-electron chi connectivity index (χ1n) is 10.8. The molecule has 1 aliphatic heterocycles. The van der Waals surface area contributed by atoms with E-state index in [2.05, 4.69) is 0 Å². The summed E-state index contributed by atoms with van der Waals surface area (Å²) in [7, 11) is -4.20. The van der Waals surface area contributed by atoms with Gasteiger partial charge in [-0.25, -0.2) is 9.46 Å². The van der Waals surface area contributed by atoms with Crippen LogP contribution in [0.4, 0.5) is 21.9 Å². The molecule has 174 valence electrons. The van der Waals surface area contributed by atoms with Crippen molar-refractivity contribution in [3.05, 3.63) is 131 Å². The second kappa shape index (κ2) is 9.08. The quantitative estimate of drug-likeness (QED) is 0.166. The van der Waals surface area contributed by atoms with Gasteiger partial charge in [-0.2, -0.15) is 0 Å². The Balaban J connectivity index is 1.80. The highest BCUT2D eigenvalue weighted by Gasteiger charge is 2.60. The van der Waals surface area contributed by atoms with Gasteiger partial charge in [0.05, 0.1) is 16.2 Å². The number of hydrogen-bond acceptors (Lipinski definition) is 5. The molecule has 2 amide bonds. The molecular formula is C26H20N3O5P. The zero-order valence-corrected chi connectivity index (χ0v) is 19.3. The highest BCUT2D eigenvalue weighted by Crippen LogP contribution is 2.70. The molecule has 0 aliphatic carbocycles. The zero-order chi connectivity index (χ0) is 24.4. The number of para-hydroxylation sites is 4. The van der Waals surface area contributed by atoms with E-state index in [1.807, 2.05) is 0 Å². The molecule has 2 unspecified atom stereocenters. The van der Waals surface area contributed by atoms with Crippen LogP contribution in [0.15, 0.2) is 115 Å². The number of amides is 2. The van der Waals surface area contributed by atoms with Gasteiger partial charge in [0.2, 0.25) is 0 Å². The lowest BCUT2D eigenvalue weighted by atomic mass is 10.1. The minimum Gasteiger partial charge on any atom is -0.427 e. The number of urea groups is 1. The smallest absolute Gasteiger partial charge is 0.379 e. The molecule has 35 heavy (non-hydrogen) atoms. The highest BCUT2D eigenvalue weighted by atomic mass is 31.2. The summed E-state index contributed by atoms with van der Waals surface area (Å²) in [5.74, 6) is -0.998. The van der Waals surface area contributed by atoms with Crippen molar-refractivity contribution in [1.29, 1.82) is 0 Å². The van der Waals surface area contributed by atoms with E-state index in [1.165, 1.54) is 23.1 Å². The third-order valence-corrected chi connectivity index (χ3v) is 8.21. The number of rotatable bonds is 6.